The molecule has 4 atom stereocenters. The van der Waals surface area contributed by atoms with Crippen LogP contribution in [0.25, 0.3) is 38.9 Å². The second-order valence-electron chi connectivity index (χ2n) is 21.6. The van der Waals surface area contributed by atoms with Crippen LogP contribution in [-0.2, 0) is 46.0 Å². The molecule has 4 aliphatic heterocycles. The number of nitrogens with one attached hydrogen (secondary N) is 2. The van der Waals surface area contributed by atoms with Crippen molar-refractivity contribution in [2.24, 2.45) is 5.41 Å². The summed E-state index contributed by atoms with van der Waals surface area (Å²) in [5, 5.41) is 1.07. The van der Waals surface area contributed by atoms with Gasteiger partial charge in [0, 0.05) is 54.2 Å². The molecular weight excluding hydrogens is 881 g/mol. The average molecular weight is 950 g/mol. The van der Waals surface area contributed by atoms with Gasteiger partial charge in [0.25, 0.3) is 0 Å². The summed E-state index contributed by atoms with van der Waals surface area (Å²) in [6, 6.07) is 24.7. The molecule has 10 rings (SSSR count). The number of morpholine rings is 1. The lowest BCUT2D eigenvalue weighted by Gasteiger charge is -2.44. The summed E-state index contributed by atoms with van der Waals surface area (Å²) >= 11 is 0. The van der Waals surface area contributed by atoms with E-state index < -0.39 is 23.7 Å². The van der Waals surface area contributed by atoms with Crippen LogP contribution in [0, 0.1) is 5.41 Å². The lowest BCUT2D eigenvalue weighted by Crippen LogP contribution is -2.56. The Bertz CT molecular complexity index is 2770. The van der Waals surface area contributed by atoms with E-state index in [2.05, 4.69) is 143 Å². The molecule has 6 heterocycles. The third kappa shape index (κ3) is 8.89. The van der Waals surface area contributed by atoms with E-state index in [4.69, 9.17) is 33.2 Å². The van der Waals surface area contributed by atoms with Crippen LogP contribution in [0.3, 0.4) is 0 Å². The number of carbonyl (C=O) groups excluding carboxylic acids is 2. The van der Waals surface area contributed by atoms with E-state index in [1.165, 1.54) is 22.3 Å². The predicted octanol–water partition coefficient (Wildman–Crippen LogP) is 8.90. The molecule has 0 saturated carbocycles. The fourth-order valence-electron chi connectivity index (χ4n) is 11.2. The van der Waals surface area contributed by atoms with E-state index in [0.717, 1.165) is 69.4 Å². The number of esters is 1. The molecule has 2 bridgehead atoms. The van der Waals surface area contributed by atoms with E-state index in [1.807, 2.05) is 18.0 Å². The molecule has 5 aromatic rings. The summed E-state index contributed by atoms with van der Waals surface area (Å²) in [4.78, 5) is 34.7. The SMILES string of the molecule is CCn1c(-c2cc(C3=CC4COCC(C3)N4C(=O)OCC3c4ccccc4-c4ccccc43)cnc2C(C)OC)c(CC(C)(C)COC(=O)[C@@H]2CCCNN2)c2cc(B3OC(C)(C)C(C)(C)O3)ccc21. The summed E-state index contributed by atoms with van der Waals surface area (Å²) in [5.41, 5.74) is 17.5. The second-order valence-corrected chi connectivity index (χ2v) is 21.6. The van der Waals surface area contributed by atoms with E-state index in [-0.39, 0.29) is 55.4 Å². The first kappa shape index (κ1) is 48.3. The smallest absolute Gasteiger partial charge is 0.464 e. The fraction of sp³-hybridized carbons (Fsp3) is 0.482. The molecule has 14 heteroatoms. The maximum atomic E-state index is 14.2. The minimum absolute atomic E-state index is 0.0308. The molecule has 0 radical (unpaired) electrons. The average Bonchev–Trinajstić information content (AvgIpc) is 3.93. The monoisotopic (exact) mass is 950 g/mol. The van der Waals surface area contributed by atoms with E-state index in [0.29, 0.717) is 32.6 Å². The number of amides is 1. The number of benzene rings is 3. The molecule has 3 saturated heterocycles. The van der Waals surface area contributed by atoms with Crippen LogP contribution in [0.1, 0.15) is 115 Å². The normalized spacial score (nSPS) is 22.1. The van der Waals surface area contributed by atoms with Crippen LogP contribution in [0.4, 0.5) is 4.79 Å². The molecule has 2 aromatic heterocycles. The quantitative estimate of drug-likeness (QED) is 0.0866. The molecule has 3 unspecified atom stereocenters. The van der Waals surface area contributed by atoms with Crippen molar-refractivity contribution in [3.05, 3.63) is 113 Å². The van der Waals surface area contributed by atoms with Crippen molar-refractivity contribution >= 4 is 41.1 Å². The molecule has 70 heavy (non-hydrogen) atoms. The highest BCUT2D eigenvalue weighted by Gasteiger charge is 2.52. The maximum Gasteiger partial charge on any atom is 0.494 e. The highest BCUT2D eigenvalue weighted by atomic mass is 16.7. The third-order valence-electron chi connectivity index (χ3n) is 15.7. The molecule has 2 N–H and O–H groups in total. The Labute approximate surface area is 412 Å². The summed E-state index contributed by atoms with van der Waals surface area (Å²) < 4.78 is 40.1. The maximum absolute atomic E-state index is 14.2. The molecule has 13 nitrogen and oxygen atoms in total. The Morgan fingerprint density at radius 1 is 0.943 bits per heavy atom. The second kappa shape index (κ2) is 19.0. The van der Waals surface area contributed by atoms with Gasteiger partial charge in [0.1, 0.15) is 12.6 Å². The largest absolute Gasteiger partial charge is 0.494 e. The Morgan fingerprint density at radius 3 is 2.31 bits per heavy atom. The highest BCUT2D eigenvalue weighted by Crippen LogP contribution is 2.46. The number of methoxy groups -OCH3 is 1. The summed E-state index contributed by atoms with van der Waals surface area (Å²) in [6.07, 6.45) is 6.26. The first-order chi connectivity index (χ1) is 33.6. The predicted molar refractivity (Wildman–Crippen MR) is 272 cm³/mol. The molecule has 0 spiro atoms. The topological polar surface area (TPSA) is 135 Å². The standard InChI is InChI=1S/C56H68BN5O8/c1-10-61-49-22-21-37(57-69-55(5,6)56(7,8)70-57)27-44(49)46(28-54(3,4)33-68-52(63)48-20-15-23-59-60-48)51(61)45-26-36(29-58-50(45)34(2)65-9)35-24-38-30-66-31-39(25-35)62(38)53(64)67-32-47-42-18-13-11-16-40(42)41-17-12-14-19-43(41)47/h11-14,16-19,21-22,24,26-27,29,34,38-39,47-48,59-60H,10,15,20,23,25,28,30-33H2,1-9H3/t34?,38?,39?,48-/m0/s1. The highest BCUT2D eigenvalue weighted by molar-refractivity contribution is 6.62. The van der Waals surface area contributed by atoms with Gasteiger partial charge in [-0.05, 0) is 124 Å². The fourth-order valence-corrected chi connectivity index (χ4v) is 11.2. The van der Waals surface area contributed by atoms with Gasteiger partial charge >= 0.3 is 19.2 Å². The molecule has 3 aromatic carbocycles. The number of carbonyl (C=O) groups is 2. The first-order valence-corrected chi connectivity index (χ1v) is 25.2. The van der Waals surface area contributed by atoms with E-state index >= 15 is 0 Å². The summed E-state index contributed by atoms with van der Waals surface area (Å²) in [5.74, 6) is -0.280. The van der Waals surface area contributed by atoms with Crippen LogP contribution < -0.4 is 16.3 Å². The minimum atomic E-state index is -0.551. The van der Waals surface area contributed by atoms with Crippen LogP contribution in [0.5, 0.6) is 0 Å². The first-order valence-electron chi connectivity index (χ1n) is 25.2. The minimum Gasteiger partial charge on any atom is -0.464 e. The number of nitrogens with zero attached hydrogens (tertiary/aromatic N) is 3. The number of hydrazine groups is 1. The van der Waals surface area contributed by atoms with Crippen LogP contribution in [0.2, 0.25) is 0 Å². The molecule has 3 fully saturated rings. The zero-order chi connectivity index (χ0) is 49.1. The van der Waals surface area contributed by atoms with Crippen LogP contribution >= 0.6 is 0 Å². The molecule has 1 amide bonds. The van der Waals surface area contributed by atoms with Gasteiger partial charge in [0.2, 0.25) is 0 Å². The summed E-state index contributed by atoms with van der Waals surface area (Å²) in [7, 11) is 1.17. The number of hydrogen-bond acceptors (Lipinski definition) is 11. The molecular formula is C56H68BN5O8. The van der Waals surface area contributed by atoms with E-state index in [9.17, 15) is 9.59 Å². The molecule has 368 valence electrons. The lowest BCUT2D eigenvalue weighted by molar-refractivity contribution is -0.150. The van der Waals surface area contributed by atoms with Gasteiger partial charge < -0.3 is 32.8 Å². The van der Waals surface area contributed by atoms with Crippen molar-refractivity contribution in [2.45, 2.75) is 129 Å². The van der Waals surface area contributed by atoms with Gasteiger partial charge in [0.05, 0.1) is 60.6 Å². The molecule has 1 aliphatic carbocycles. The zero-order valence-electron chi connectivity index (χ0n) is 42.2. The number of pyridine rings is 1. The lowest BCUT2D eigenvalue weighted by atomic mass is 9.77. The number of rotatable bonds is 13. The van der Waals surface area contributed by atoms with Crippen LogP contribution in [0.15, 0.2) is 85.1 Å². The zero-order valence-corrected chi connectivity index (χ0v) is 42.2. The number of aryl methyl sites for hydroxylation is 1. The molecule has 5 aliphatic rings. The Balaban J connectivity index is 1.01. The van der Waals surface area contributed by atoms with Crippen molar-refractivity contribution in [3.63, 3.8) is 0 Å². The van der Waals surface area contributed by atoms with Crippen molar-refractivity contribution < 1.29 is 37.8 Å². The Hall–Kier alpha value is -5.35. The van der Waals surface area contributed by atoms with Crippen molar-refractivity contribution in [1.82, 2.24) is 25.3 Å². The van der Waals surface area contributed by atoms with Gasteiger partial charge in [0.15, 0.2) is 0 Å². The van der Waals surface area contributed by atoms with Gasteiger partial charge in [-0.3, -0.25) is 20.1 Å². The van der Waals surface area contributed by atoms with Crippen molar-refractivity contribution in [2.75, 3.05) is 40.1 Å². The number of aromatic nitrogens is 2. The van der Waals surface area contributed by atoms with Gasteiger partial charge in [-0.1, -0.05) is 80.6 Å². The van der Waals surface area contributed by atoms with Crippen molar-refractivity contribution in [3.8, 4) is 22.4 Å². The van der Waals surface area contributed by atoms with Crippen molar-refractivity contribution in [1.29, 1.82) is 0 Å². The Kier molecular flexibility index (Phi) is 13.1. The summed E-state index contributed by atoms with van der Waals surface area (Å²) in [6.45, 7) is 19.6. The number of ether oxygens (including phenoxy) is 4. The Morgan fingerprint density at radius 2 is 1.66 bits per heavy atom. The van der Waals surface area contributed by atoms with Gasteiger partial charge in [-0.2, -0.15) is 0 Å². The van der Waals surface area contributed by atoms with Gasteiger partial charge in [-0.25, -0.2) is 10.2 Å². The van der Waals surface area contributed by atoms with Gasteiger partial charge in [-0.15, -0.1) is 0 Å². The van der Waals surface area contributed by atoms with E-state index in [1.54, 1.807) is 7.11 Å². The number of hydrogen-bond donors (Lipinski definition) is 2. The van der Waals surface area contributed by atoms with Crippen LogP contribution in [-0.4, -0.2) is 103 Å². The third-order valence-corrected chi connectivity index (χ3v) is 15.7. The number of fused-ring (bicyclic) bond motifs is 6.